The van der Waals surface area contributed by atoms with E-state index in [1.165, 1.54) is 12.1 Å². The fourth-order valence-corrected chi connectivity index (χ4v) is 8.61. The molecule has 0 aromatic heterocycles. The van der Waals surface area contributed by atoms with Gasteiger partial charge in [-0.05, 0) is 80.3 Å². The van der Waals surface area contributed by atoms with Crippen LogP contribution in [0.15, 0.2) is 83.5 Å². The molecule has 42 heavy (non-hydrogen) atoms. The van der Waals surface area contributed by atoms with Gasteiger partial charge >= 0.3 is 5.97 Å². The second kappa shape index (κ2) is 12.9. The number of aliphatic hydroxyl groups is 1. The van der Waals surface area contributed by atoms with E-state index in [0.717, 1.165) is 31.2 Å². The lowest BCUT2D eigenvalue weighted by molar-refractivity contribution is -0.160. The van der Waals surface area contributed by atoms with Crippen molar-refractivity contribution in [1.82, 2.24) is 4.72 Å². The Balaban J connectivity index is 1.27. The van der Waals surface area contributed by atoms with Gasteiger partial charge in [-0.1, -0.05) is 42.5 Å². The van der Waals surface area contributed by atoms with E-state index in [-0.39, 0.29) is 29.1 Å². The highest BCUT2D eigenvalue weighted by atomic mass is 35.5. The lowest BCUT2D eigenvalue weighted by atomic mass is 9.72. The average molecular weight is 635 g/mol. The molecule has 1 saturated heterocycles. The predicted octanol–water partition coefficient (Wildman–Crippen LogP) is 4.63. The summed E-state index contributed by atoms with van der Waals surface area (Å²) in [5.41, 5.74) is -0.0777. The molecule has 12 heteroatoms. The highest BCUT2D eigenvalue weighted by molar-refractivity contribution is 7.92. The van der Waals surface area contributed by atoms with Crippen LogP contribution in [-0.2, 0) is 29.6 Å². The van der Waals surface area contributed by atoms with Crippen LogP contribution in [-0.4, -0.2) is 45.3 Å². The van der Waals surface area contributed by atoms with E-state index in [1.54, 1.807) is 42.5 Å². The number of esters is 1. The lowest BCUT2D eigenvalue weighted by Gasteiger charge is -2.39. The maximum absolute atomic E-state index is 13.2. The fourth-order valence-electron chi connectivity index (χ4n) is 5.78. The van der Waals surface area contributed by atoms with E-state index in [0.29, 0.717) is 17.9 Å². The van der Waals surface area contributed by atoms with E-state index < -0.39 is 49.3 Å². The van der Waals surface area contributed by atoms with Crippen LogP contribution in [0, 0.1) is 17.8 Å². The van der Waals surface area contributed by atoms with Crippen LogP contribution >= 0.6 is 11.6 Å². The molecule has 9 nitrogen and oxygen atoms in total. The highest BCUT2D eigenvalue weighted by Crippen LogP contribution is 2.51. The molecule has 2 aliphatic carbocycles. The van der Waals surface area contributed by atoms with E-state index in [2.05, 4.69) is 9.44 Å². The normalized spacial score (nSPS) is 24.4. The number of allylic oxidation sites excluding steroid dienone is 3. The lowest BCUT2D eigenvalue weighted by Crippen LogP contribution is -2.45. The molecule has 3 aliphatic rings. The SMILES string of the molecule is O=C1OC2=CC=CCCCC2C(O)C1C(c1cccc(NS(=O)(=O)CCC(Cl)NS(=O)(=O)c2ccccc2)c1)C1CC1. The maximum Gasteiger partial charge on any atom is 0.317 e. The minimum atomic E-state index is -3.90. The molecule has 0 bridgehead atoms. The molecule has 5 rings (SSSR count). The number of nitrogens with one attached hydrogen (secondary N) is 2. The summed E-state index contributed by atoms with van der Waals surface area (Å²) < 4.78 is 61.4. The van der Waals surface area contributed by atoms with E-state index in [1.807, 2.05) is 18.2 Å². The molecule has 2 fully saturated rings. The summed E-state index contributed by atoms with van der Waals surface area (Å²) in [6.07, 6.45) is 8.86. The third-order valence-electron chi connectivity index (χ3n) is 7.96. The zero-order valence-electron chi connectivity index (χ0n) is 22.9. The van der Waals surface area contributed by atoms with Gasteiger partial charge in [-0.15, -0.1) is 11.6 Å². The summed E-state index contributed by atoms with van der Waals surface area (Å²) in [6.45, 7) is 0. The molecule has 2 aromatic rings. The number of alkyl halides is 1. The molecule has 5 atom stereocenters. The van der Waals surface area contributed by atoms with Crippen molar-refractivity contribution in [1.29, 1.82) is 0 Å². The third-order valence-corrected chi connectivity index (χ3v) is 11.2. The van der Waals surface area contributed by atoms with Gasteiger partial charge in [0.25, 0.3) is 0 Å². The van der Waals surface area contributed by atoms with Crippen molar-refractivity contribution in [2.75, 3.05) is 10.5 Å². The number of aliphatic hydroxyl groups excluding tert-OH is 1. The smallest absolute Gasteiger partial charge is 0.317 e. The first kappa shape index (κ1) is 30.7. The summed E-state index contributed by atoms with van der Waals surface area (Å²) >= 11 is 6.16. The second-order valence-electron chi connectivity index (χ2n) is 11.1. The van der Waals surface area contributed by atoms with Crippen LogP contribution in [0.5, 0.6) is 0 Å². The van der Waals surface area contributed by atoms with Gasteiger partial charge in [-0.25, -0.2) is 16.8 Å². The number of hydrogen-bond donors (Lipinski definition) is 3. The third kappa shape index (κ3) is 7.44. The highest BCUT2D eigenvalue weighted by Gasteiger charge is 2.50. The predicted molar refractivity (Wildman–Crippen MR) is 160 cm³/mol. The maximum atomic E-state index is 13.2. The molecule has 0 spiro atoms. The molecular formula is C30H35ClN2O7S2. The largest absolute Gasteiger partial charge is 0.430 e. The zero-order valence-corrected chi connectivity index (χ0v) is 25.3. The first-order valence-corrected chi connectivity index (χ1v) is 17.7. The van der Waals surface area contributed by atoms with Crippen LogP contribution in [0.2, 0.25) is 0 Å². The van der Waals surface area contributed by atoms with Crippen molar-refractivity contribution < 1.29 is 31.5 Å². The molecule has 1 aliphatic heterocycles. The number of halogens is 1. The van der Waals surface area contributed by atoms with Gasteiger partial charge in [-0.2, -0.15) is 4.72 Å². The Hall–Kier alpha value is -2.70. The minimum absolute atomic E-state index is 0.0317. The van der Waals surface area contributed by atoms with E-state index in [4.69, 9.17) is 16.3 Å². The number of carbonyl (C=O) groups excluding carboxylic acids is 1. The number of sulfonamides is 2. The Morgan fingerprint density at radius 1 is 1.02 bits per heavy atom. The summed E-state index contributed by atoms with van der Waals surface area (Å²) in [7, 11) is -7.79. The monoisotopic (exact) mass is 634 g/mol. The quantitative estimate of drug-likeness (QED) is 0.186. The fraction of sp³-hybridized carbons (Fsp3) is 0.433. The van der Waals surface area contributed by atoms with Crippen molar-refractivity contribution in [3.8, 4) is 0 Å². The van der Waals surface area contributed by atoms with Crippen molar-refractivity contribution in [2.24, 2.45) is 17.8 Å². The van der Waals surface area contributed by atoms with Gasteiger partial charge in [0.05, 0.1) is 28.2 Å². The summed E-state index contributed by atoms with van der Waals surface area (Å²) in [5, 5.41) is 11.5. The molecule has 3 N–H and O–H groups in total. The van der Waals surface area contributed by atoms with Gasteiger partial charge < -0.3 is 9.84 Å². The number of anilines is 1. The average Bonchev–Trinajstić information content (AvgIpc) is 3.76. The second-order valence-corrected chi connectivity index (χ2v) is 15.2. The van der Waals surface area contributed by atoms with Gasteiger partial charge in [-0.3, -0.25) is 9.52 Å². The van der Waals surface area contributed by atoms with Gasteiger partial charge in [0.2, 0.25) is 20.0 Å². The first-order valence-electron chi connectivity index (χ1n) is 14.1. The number of rotatable bonds is 11. The number of carbonyl (C=O) groups is 1. The number of hydrogen-bond acceptors (Lipinski definition) is 7. The molecule has 5 unspecified atom stereocenters. The van der Waals surface area contributed by atoms with E-state index >= 15 is 0 Å². The molecule has 2 aromatic carbocycles. The van der Waals surface area contributed by atoms with E-state index in [9.17, 15) is 26.7 Å². The van der Waals surface area contributed by atoms with Gasteiger partial charge in [0, 0.05) is 17.5 Å². The number of ether oxygens (including phenoxy) is 1. The Kier molecular flexibility index (Phi) is 9.44. The molecular weight excluding hydrogens is 600 g/mol. The van der Waals surface area contributed by atoms with Crippen molar-refractivity contribution in [2.45, 2.75) is 60.9 Å². The molecule has 1 heterocycles. The Labute approximate surface area is 252 Å². The summed E-state index contributed by atoms with van der Waals surface area (Å²) in [4.78, 5) is 13.3. The molecule has 0 amide bonds. The van der Waals surface area contributed by atoms with Crippen LogP contribution < -0.4 is 9.44 Å². The van der Waals surface area contributed by atoms with Crippen molar-refractivity contribution in [3.63, 3.8) is 0 Å². The van der Waals surface area contributed by atoms with Crippen LogP contribution in [0.25, 0.3) is 0 Å². The van der Waals surface area contributed by atoms with Crippen LogP contribution in [0.4, 0.5) is 5.69 Å². The van der Waals surface area contributed by atoms with Crippen molar-refractivity contribution in [3.05, 3.63) is 84.1 Å². The zero-order chi connectivity index (χ0) is 29.9. The van der Waals surface area contributed by atoms with Gasteiger partial charge in [0.1, 0.15) is 5.76 Å². The summed E-state index contributed by atoms with van der Waals surface area (Å²) in [6, 6.07) is 14.6. The Morgan fingerprint density at radius 3 is 2.52 bits per heavy atom. The topological polar surface area (TPSA) is 139 Å². The standard InChI is InChI=1S/C30H35ClN2O7S2/c31-26(33-42(38,39)23-11-4-3-5-12-23)17-18-41(36,37)32-22-10-8-9-21(19-22)27(20-15-16-20)28-29(34)24-13-6-1-2-7-14-25(24)40-30(28)35/h2-5,7-12,14,19-20,24,26-29,32-34H,1,6,13,15-18H2. The number of benzene rings is 2. The summed E-state index contributed by atoms with van der Waals surface area (Å²) in [5.74, 6) is -1.56. The molecule has 0 radical (unpaired) electrons. The first-order chi connectivity index (χ1) is 20.0. The molecule has 226 valence electrons. The van der Waals surface area contributed by atoms with Crippen molar-refractivity contribution >= 4 is 43.3 Å². The van der Waals surface area contributed by atoms with Gasteiger partial charge in [0.15, 0.2) is 0 Å². The minimum Gasteiger partial charge on any atom is -0.430 e. The van der Waals surface area contributed by atoms with Crippen LogP contribution in [0.3, 0.4) is 0 Å². The molecule has 1 saturated carbocycles. The number of fused-ring (bicyclic) bond motifs is 1. The Morgan fingerprint density at radius 2 is 1.79 bits per heavy atom. The van der Waals surface area contributed by atoms with Crippen LogP contribution in [0.1, 0.15) is 50.0 Å². The Bertz CT molecular complexity index is 1560.